The highest BCUT2D eigenvalue weighted by Crippen LogP contribution is 1.99. The van der Waals surface area contributed by atoms with Crippen molar-refractivity contribution in [3.05, 3.63) is 6.68 Å². The van der Waals surface area contributed by atoms with Crippen LogP contribution in [0.4, 0.5) is 13.2 Å². The Balaban J connectivity index is 0. The summed E-state index contributed by atoms with van der Waals surface area (Å²) in [4.78, 5) is 0. The van der Waals surface area contributed by atoms with Crippen molar-refractivity contribution >= 4 is 0 Å². The highest BCUT2D eigenvalue weighted by molar-refractivity contribution is 4.21. The van der Waals surface area contributed by atoms with Crippen molar-refractivity contribution in [1.29, 1.82) is 0 Å². The van der Waals surface area contributed by atoms with E-state index in [0.29, 0.717) is 0 Å². The molecule has 0 amide bonds. The third kappa shape index (κ3) is 454. The standard InChI is InChI=1S/CF3.CH3O/c2-1(3)4;1-2/h;1H3. The normalized spacial score (nSPS) is 7.00. The fraction of sp³-hybridized carbons (Fsp3) is 0.500. The van der Waals surface area contributed by atoms with Gasteiger partial charge < -0.3 is 0 Å². The topological polar surface area (TPSA) is 19.9 Å². The van der Waals surface area contributed by atoms with Crippen LogP contribution in [0.5, 0.6) is 0 Å². The van der Waals surface area contributed by atoms with E-state index in [-0.39, 0.29) is 0 Å². The molecule has 0 rings (SSSR count). The first-order valence-corrected chi connectivity index (χ1v) is 0.975. The summed E-state index contributed by atoms with van der Waals surface area (Å²) in [6.45, 7) is -3.08. The Morgan fingerprint density at radius 3 is 1.17 bits per heavy atom. The van der Waals surface area contributed by atoms with Crippen molar-refractivity contribution < 1.29 is 18.3 Å². The summed E-state index contributed by atoms with van der Waals surface area (Å²) in [5, 5.41) is 8.25. The Labute approximate surface area is 33.4 Å². The van der Waals surface area contributed by atoms with E-state index in [9.17, 15) is 13.2 Å². The molecule has 0 bridgehead atoms. The quantitative estimate of drug-likeness (QED) is 0.438. The van der Waals surface area contributed by atoms with E-state index >= 15 is 0 Å². The van der Waals surface area contributed by atoms with Crippen molar-refractivity contribution in [2.75, 3.05) is 7.11 Å². The Bertz CT molecular complexity index is 13.5. The van der Waals surface area contributed by atoms with Gasteiger partial charge in [0.1, 0.15) is 0 Å². The Morgan fingerprint density at radius 1 is 1.17 bits per heavy atom. The molecule has 38 valence electrons. The Morgan fingerprint density at radius 2 is 1.17 bits per heavy atom. The summed E-state index contributed by atoms with van der Waals surface area (Å²) in [5.41, 5.74) is 0. The summed E-state index contributed by atoms with van der Waals surface area (Å²) >= 11 is 0. The third-order valence-corrected chi connectivity index (χ3v) is 0. The van der Waals surface area contributed by atoms with Crippen molar-refractivity contribution in [3.63, 3.8) is 0 Å². The number of halogens is 3. The summed E-state index contributed by atoms with van der Waals surface area (Å²) < 4.78 is 28.8. The molecule has 0 aromatic heterocycles. The molecule has 0 fully saturated rings. The zero-order chi connectivity index (χ0) is 5.58. The molecule has 0 aromatic rings. The summed E-state index contributed by atoms with van der Waals surface area (Å²) in [6, 6.07) is 0. The molecule has 0 atom stereocenters. The molecule has 0 aliphatic rings. The molecular formula is C2H3F3O. The van der Waals surface area contributed by atoms with Gasteiger partial charge in [-0.1, -0.05) is 0 Å². The molecule has 1 nitrogen and oxygen atoms in total. The minimum absolute atomic E-state index is 0.750. The number of rotatable bonds is 0. The molecule has 0 heterocycles. The van der Waals surface area contributed by atoms with E-state index in [1.807, 2.05) is 0 Å². The lowest BCUT2D eigenvalue weighted by Gasteiger charge is -1.60. The van der Waals surface area contributed by atoms with Crippen LogP contribution in [-0.2, 0) is 5.11 Å². The minimum Gasteiger partial charge on any atom is -0.240 e. The third-order valence-electron chi connectivity index (χ3n) is 0. The van der Waals surface area contributed by atoms with Crippen LogP contribution in [0.15, 0.2) is 0 Å². The fourth-order valence-electron chi connectivity index (χ4n) is 0. The van der Waals surface area contributed by atoms with Gasteiger partial charge in [-0.05, 0) is 0 Å². The van der Waals surface area contributed by atoms with Crippen molar-refractivity contribution in [2.45, 2.75) is 0 Å². The van der Waals surface area contributed by atoms with Gasteiger partial charge in [0.2, 0.25) is 0 Å². The van der Waals surface area contributed by atoms with Gasteiger partial charge >= 0.3 is 6.68 Å². The molecule has 0 spiro atoms. The van der Waals surface area contributed by atoms with Gasteiger partial charge in [0.05, 0.1) is 7.11 Å². The largest absolute Gasteiger partial charge is 0.487 e. The van der Waals surface area contributed by atoms with Crippen LogP contribution in [0, 0.1) is 6.68 Å². The maximum Gasteiger partial charge on any atom is 0.487 e. The fourth-order valence-corrected chi connectivity index (χ4v) is 0. The first kappa shape index (κ1) is 9.23. The molecule has 0 saturated heterocycles. The second kappa shape index (κ2) is 8.83. The Kier molecular flexibility index (Phi) is 13.6. The highest BCUT2D eigenvalue weighted by atomic mass is 19.4. The van der Waals surface area contributed by atoms with Crippen LogP contribution >= 0.6 is 0 Å². The van der Waals surface area contributed by atoms with Crippen molar-refractivity contribution in [3.8, 4) is 0 Å². The average molecular weight is 100 g/mol. The zero-order valence-corrected chi connectivity index (χ0v) is 3.04. The smallest absolute Gasteiger partial charge is 0.240 e. The van der Waals surface area contributed by atoms with Gasteiger partial charge in [0, 0.05) is 0 Å². The molecule has 0 saturated carbocycles. The maximum absolute atomic E-state index is 9.58. The van der Waals surface area contributed by atoms with Gasteiger partial charge in [0.15, 0.2) is 0 Å². The first-order valence-electron chi connectivity index (χ1n) is 0.975. The molecule has 0 aromatic carbocycles. The number of hydrogen-bond acceptors (Lipinski definition) is 0. The molecular weight excluding hydrogens is 97.0 g/mol. The SMILES string of the molecule is C[O].F[C](F)F. The minimum atomic E-state index is -3.08. The second-order valence-electron chi connectivity index (χ2n) is 0.214. The molecule has 6 heavy (non-hydrogen) atoms. The second-order valence-corrected chi connectivity index (χ2v) is 0.214. The van der Waals surface area contributed by atoms with E-state index in [1.165, 1.54) is 0 Å². The van der Waals surface area contributed by atoms with Crippen LogP contribution < -0.4 is 0 Å². The molecule has 0 aliphatic carbocycles. The van der Waals surface area contributed by atoms with Crippen LogP contribution in [0.25, 0.3) is 0 Å². The zero-order valence-electron chi connectivity index (χ0n) is 3.04. The highest BCUT2D eigenvalue weighted by Gasteiger charge is 1.93. The summed E-state index contributed by atoms with van der Waals surface area (Å²) in [5.74, 6) is 0. The van der Waals surface area contributed by atoms with Crippen molar-refractivity contribution in [1.82, 2.24) is 0 Å². The molecule has 0 unspecified atom stereocenters. The van der Waals surface area contributed by atoms with Crippen molar-refractivity contribution in [2.24, 2.45) is 0 Å². The van der Waals surface area contributed by atoms with Gasteiger partial charge in [-0.2, -0.15) is 13.2 Å². The van der Waals surface area contributed by atoms with Gasteiger partial charge in [-0.25, -0.2) is 5.11 Å². The lowest BCUT2D eigenvalue weighted by atomic mass is 11.6. The lowest BCUT2D eigenvalue weighted by molar-refractivity contribution is 0.142. The van der Waals surface area contributed by atoms with E-state index < -0.39 is 6.68 Å². The molecule has 4 heteroatoms. The van der Waals surface area contributed by atoms with Gasteiger partial charge in [-0.15, -0.1) is 0 Å². The van der Waals surface area contributed by atoms with Gasteiger partial charge in [-0.3, -0.25) is 0 Å². The Hall–Kier alpha value is -0.250. The summed E-state index contributed by atoms with van der Waals surface area (Å²) in [6.07, 6.45) is 0. The summed E-state index contributed by atoms with van der Waals surface area (Å²) in [7, 11) is 0.750. The van der Waals surface area contributed by atoms with Crippen LogP contribution in [-0.4, -0.2) is 7.11 Å². The van der Waals surface area contributed by atoms with E-state index in [2.05, 4.69) is 0 Å². The number of hydrogen-bond donors (Lipinski definition) is 0. The van der Waals surface area contributed by atoms with Crippen LogP contribution in [0.2, 0.25) is 0 Å². The van der Waals surface area contributed by atoms with Crippen LogP contribution in [0.1, 0.15) is 0 Å². The van der Waals surface area contributed by atoms with Gasteiger partial charge in [0.25, 0.3) is 0 Å². The monoisotopic (exact) mass is 100 g/mol. The van der Waals surface area contributed by atoms with E-state index in [0.717, 1.165) is 7.11 Å². The first-order chi connectivity index (χ1) is 2.73. The lowest BCUT2D eigenvalue weighted by Crippen LogP contribution is -1.49. The predicted octanol–water partition coefficient (Wildman–Crippen LogP) is 1.39. The average Bonchev–Trinajstić information content (AvgIpc) is 1.41. The van der Waals surface area contributed by atoms with E-state index in [4.69, 9.17) is 5.11 Å². The molecule has 0 aliphatic heterocycles. The van der Waals surface area contributed by atoms with Crippen LogP contribution in [0.3, 0.4) is 0 Å². The molecule has 0 N–H and O–H groups in total. The van der Waals surface area contributed by atoms with E-state index in [1.54, 1.807) is 0 Å². The predicted molar refractivity (Wildman–Crippen MR) is 13.2 cm³/mol. The maximum atomic E-state index is 9.58. The molecule has 2 radical (unpaired) electrons.